The molecule has 0 radical (unpaired) electrons. The van der Waals surface area contributed by atoms with Gasteiger partial charge in [0.15, 0.2) is 0 Å². The fourth-order valence-corrected chi connectivity index (χ4v) is 1.70. The summed E-state index contributed by atoms with van der Waals surface area (Å²) >= 11 is 0. The molecule has 2 aromatic rings. The molecule has 0 heterocycles. The van der Waals surface area contributed by atoms with E-state index in [2.05, 4.69) is 17.9 Å². The Morgan fingerprint density at radius 3 is 2.35 bits per heavy atom. The van der Waals surface area contributed by atoms with Crippen molar-refractivity contribution in [2.24, 2.45) is 0 Å². The topological polar surface area (TPSA) is 44.0 Å². The lowest BCUT2D eigenvalue weighted by Gasteiger charge is -1.97. The average Bonchev–Trinajstić information content (AvgIpc) is 2.52. The Morgan fingerprint density at radius 1 is 0.950 bits per heavy atom. The van der Waals surface area contributed by atoms with Crippen LogP contribution in [0.5, 0.6) is 0 Å². The third kappa shape index (κ3) is 3.59. The zero-order chi connectivity index (χ0) is 14.2. The summed E-state index contributed by atoms with van der Waals surface area (Å²) in [6.45, 7) is 0.0113. The summed E-state index contributed by atoms with van der Waals surface area (Å²) in [6, 6.07) is 17.0. The fourth-order valence-electron chi connectivity index (χ4n) is 1.70. The van der Waals surface area contributed by atoms with Crippen molar-refractivity contribution in [1.29, 1.82) is 5.26 Å². The highest BCUT2D eigenvalue weighted by Gasteiger charge is 1.94. The molecule has 0 saturated heterocycles. The second-order valence-electron chi connectivity index (χ2n) is 4.11. The monoisotopic (exact) mass is 259 g/mol. The molecule has 0 amide bonds. The summed E-state index contributed by atoms with van der Waals surface area (Å²) in [4.78, 5) is 0. The van der Waals surface area contributed by atoms with Crippen LogP contribution in [0, 0.1) is 23.2 Å². The lowest BCUT2D eigenvalue weighted by atomic mass is 10.1. The Hall–Kier alpha value is -2.81. The molecule has 1 N–H and O–H groups in total. The normalized spacial score (nSPS) is 9.80. The predicted octanol–water partition coefficient (Wildman–Crippen LogP) is 2.96. The van der Waals surface area contributed by atoms with Gasteiger partial charge in [0.2, 0.25) is 0 Å². The van der Waals surface area contributed by atoms with E-state index in [4.69, 9.17) is 10.4 Å². The van der Waals surface area contributed by atoms with Crippen molar-refractivity contribution >= 4 is 6.08 Å². The van der Waals surface area contributed by atoms with Gasteiger partial charge in [0.25, 0.3) is 0 Å². The number of aliphatic hydroxyl groups excluding tert-OH is 1. The highest BCUT2D eigenvalue weighted by molar-refractivity contribution is 5.60. The standard InChI is InChI=1S/C18H13NO/c19-14-16-9-7-15(8-10-16)11-12-18-5-2-1-4-17(18)6-3-13-20/h1-10,20H,13H2/b6-3+. The van der Waals surface area contributed by atoms with Gasteiger partial charge in [-0.05, 0) is 35.9 Å². The molecular formula is C18H13NO. The van der Waals surface area contributed by atoms with Crippen molar-refractivity contribution in [3.05, 3.63) is 76.9 Å². The first-order valence-electron chi connectivity index (χ1n) is 6.22. The molecule has 0 aliphatic carbocycles. The van der Waals surface area contributed by atoms with E-state index in [-0.39, 0.29) is 6.61 Å². The molecule has 0 aliphatic rings. The van der Waals surface area contributed by atoms with Crippen LogP contribution in [0.3, 0.4) is 0 Å². The number of nitrogens with zero attached hydrogens (tertiary/aromatic N) is 1. The third-order valence-electron chi connectivity index (χ3n) is 2.72. The van der Waals surface area contributed by atoms with E-state index in [1.807, 2.05) is 42.5 Å². The van der Waals surface area contributed by atoms with E-state index in [0.29, 0.717) is 5.56 Å². The maximum Gasteiger partial charge on any atom is 0.0991 e. The minimum absolute atomic E-state index is 0.0113. The van der Waals surface area contributed by atoms with Gasteiger partial charge in [-0.3, -0.25) is 0 Å². The van der Waals surface area contributed by atoms with Crippen molar-refractivity contribution in [3.63, 3.8) is 0 Å². The number of nitriles is 1. The molecule has 0 saturated carbocycles. The van der Waals surface area contributed by atoms with E-state index >= 15 is 0 Å². The first-order chi connectivity index (χ1) is 9.83. The van der Waals surface area contributed by atoms with Gasteiger partial charge in [-0.15, -0.1) is 0 Å². The van der Waals surface area contributed by atoms with Crippen LogP contribution >= 0.6 is 0 Å². The molecule has 0 atom stereocenters. The van der Waals surface area contributed by atoms with Gasteiger partial charge < -0.3 is 5.11 Å². The quantitative estimate of drug-likeness (QED) is 0.843. The number of hydrogen-bond donors (Lipinski definition) is 1. The van der Waals surface area contributed by atoms with Crippen LogP contribution in [0.1, 0.15) is 22.3 Å². The number of rotatable bonds is 2. The van der Waals surface area contributed by atoms with Gasteiger partial charge >= 0.3 is 0 Å². The Morgan fingerprint density at radius 2 is 1.65 bits per heavy atom. The molecule has 0 fully saturated rings. The van der Waals surface area contributed by atoms with E-state index in [1.165, 1.54) is 0 Å². The smallest absolute Gasteiger partial charge is 0.0991 e. The highest BCUT2D eigenvalue weighted by Crippen LogP contribution is 2.10. The van der Waals surface area contributed by atoms with Crippen molar-refractivity contribution in [2.45, 2.75) is 0 Å². The first-order valence-corrected chi connectivity index (χ1v) is 6.22. The van der Waals surface area contributed by atoms with Crippen LogP contribution in [0.25, 0.3) is 6.08 Å². The number of aliphatic hydroxyl groups is 1. The molecule has 20 heavy (non-hydrogen) atoms. The summed E-state index contributed by atoms with van der Waals surface area (Å²) < 4.78 is 0. The van der Waals surface area contributed by atoms with Gasteiger partial charge in [-0.1, -0.05) is 42.2 Å². The minimum atomic E-state index is 0.0113. The summed E-state index contributed by atoms with van der Waals surface area (Å²) in [5, 5.41) is 17.6. The molecule has 0 aromatic heterocycles. The van der Waals surface area contributed by atoms with Crippen molar-refractivity contribution in [1.82, 2.24) is 0 Å². The number of benzene rings is 2. The van der Waals surface area contributed by atoms with Gasteiger partial charge in [0.1, 0.15) is 0 Å². The van der Waals surface area contributed by atoms with Crippen LogP contribution in [0.4, 0.5) is 0 Å². The molecule has 0 aliphatic heterocycles. The number of hydrogen-bond acceptors (Lipinski definition) is 2. The highest BCUT2D eigenvalue weighted by atomic mass is 16.2. The third-order valence-corrected chi connectivity index (χ3v) is 2.72. The molecule has 0 spiro atoms. The molecule has 2 nitrogen and oxygen atoms in total. The SMILES string of the molecule is N#Cc1ccc(C#Cc2ccccc2/C=C/CO)cc1. The van der Waals surface area contributed by atoms with E-state index in [1.54, 1.807) is 18.2 Å². The second kappa shape index (κ2) is 6.95. The van der Waals surface area contributed by atoms with Crippen LogP contribution in [-0.2, 0) is 0 Å². The zero-order valence-electron chi connectivity index (χ0n) is 10.9. The first kappa shape index (κ1) is 13.6. The lowest BCUT2D eigenvalue weighted by molar-refractivity contribution is 0.343. The van der Waals surface area contributed by atoms with Crippen molar-refractivity contribution in [3.8, 4) is 17.9 Å². The van der Waals surface area contributed by atoms with Gasteiger partial charge in [-0.25, -0.2) is 0 Å². The largest absolute Gasteiger partial charge is 0.392 e. The molecule has 0 unspecified atom stereocenters. The van der Waals surface area contributed by atoms with Crippen LogP contribution in [-0.4, -0.2) is 11.7 Å². The summed E-state index contributed by atoms with van der Waals surface area (Å²) in [5.41, 5.74) is 3.37. The molecule has 96 valence electrons. The Labute approximate surface area is 118 Å². The second-order valence-corrected chi connectivity index (χ2v) is 4.11. The van der Waals surface area contributed by atoms with Gasteiger partial charge in [0, 0.05) is 11.1 Å². The fraction of sp³-hybridized carbons (Fsp3) is 0.0556. The molecule has 0 bridgehead atoms. The molecule has 2 heteroatoms. The Balaban J connectivity index is 2.28. The van der Waals surface area contributed by atoms with Gasteiger partial charge in [-0.2, -0.15) is 5.26 Å². The predicted molar refractivity (Wildman–Crippen MR) is 79.7 cm³/mol. The van der Waals surface area contributed by atoms with E-state index in [0.717, 1.165) is 16.7 Å². The maximum atomic E-state index is 8.83. The summed E-state index contributed by atoms with van der Waals surface area (Å²) in [7, 11) is 0. The lowest BCUT2D eigenvalue weighted by Crippen LogP contribution is -1.83. The molecule has 2 rings (SSSR count). The van der Waals surface area contributed by atoms with Crippen molar-refractivity contribution < 1.29 is 5.11 Å². The van der Waals surface area contributed by atoms with Gasteiger partial charge in [0.05, 0.1) is 18.2 Å². The van der Waals surface area contributed by atoms with Crippen LogP contribution in [0.15, 0.2) is 54.6 Å². The van der Waals surface area contributed by atoms with Crippen LogP contribution < -0.4 is 0 Å². The Kier molecular flexibility index (Phi) is 4.73. The minimum Gasteiger partial charge on any atom is -0.392 e. The van der Waals surface area contributed by atoms with E-state index < -0.39 is 0 Å². The Bertz CT molecular complexity index is 710. The molecular weight excluding hydrogens is 246 g/mol. The van der Waals surface area contributed by atoms with E-state index in [9.17, 15) is 0 Å². The van der Waals surface area contributed by atoms with Crippen molar-refractivity contribution in [2.75, 3.05) is 6.61 Å². The van der Waals surface area contributed by atoms with Crippen LogP contribution in [0.2, 0.25) is 0 Å². The summed E-state index contributed by atoms with van der Waals surface area (Å²) in [6.07, 6.45) is 3.53. The maximum absolute atomic E-state index is 8.83. The zero-order valence-corrected chi connectivity index (χ0v) is 10.9. The molecule has 2 aromatic carbocycles. The average molecular weight is 259 g/mol. The summed E-state index contributed by atoms with van der Waals surface area (Å²) in [5.74, 6) is 6.18.